The van der Waals surface area contributed by atoms with Crippen LogP contribution in [0.5, 0.6) is 0 Å². The van der Waals surface area contributed by atoms with Gasteiger partial charge in [0, 0.05) is 17.3 Å². The summed E-state index contributed by atoms with van der Waals surface area (Å²) in [6.45, 7) is 0. The largest absolute Gasteiger partial charge is 0.312 e. The normalized spacial score (nSPS) is 12.4. The van der Waals surface area contributed by atoms with Crippen LogP contribution in [0.4, 0.5) is 0 Å². The molecule has 1 atom stereocenters. The van der Waals surface area contributed by atoms with Crippen LogP contribution in [0, 0.1) is 12.3 Å². The van der Waals surface area contributed by atoms with Crippen LogP contribution in [0.1, 0.15) is 30.2 Å². The zero-order chi connectivity index (χ0) is 10.4. The first kappa shape index (κ1) is 11.6. The van der Waals surface area contributed by atoms with Crippen molar-refractivity contribution >= 4 is 22.9 Å². The van der Waals surface area contributed by atoms with Gasteiger partial charge in [-0.1, -0.05) is 11.6 Å². The highest BCUT2D eigenvalue weighted by atomic mass is 35.5. The van der Waals surface area contributed by atoms with Crippen molar-refractivity contribution in [1.29, 1.82) is 0 Å². The standard InChI is InChI=1S/C11H14ClNS/c1-3-4-5-6-10(13-2)11-9(12)7-8-14-11/h1,7-8,10,13H,4-6H2,2H3. The van der Waals surface area contributed by atoms with Gasteiger partial charge >= 0.3 is 0 Å². The summed E-state index contributed by atoms with van der Waals surface area (Å²) in [5.41, 5.74) is 0. The topological polar surface area (TPSA) is 12.0 Å². The second kappa shape index (κ2) is 6.08. The second-order valence-electron chi connectivity index (χ2n) is 3.07. The summed E-state index contributed by atoms with van der Waals surface area (Å²) in [5, 5.41) is 6.14. The number of unbranched alkanes of at least 4 members (excludes halogenated alkanes) is 1. The monoisotopic (exact) mass is 227 g/mol. The Morgan fingerprint density at radius 1 is 1.71 bits per heavy atom. The van der Waals surface area contributed by atoms with E-state index in [1.54, 1.807) is 11.3 Å². The molecule has 0 radical (unpaired) electrons. The van der Waals surface area contributed by atoms with Crippen molar-refractivity contribution in [1.82, 2.24) is 5.32 Å². The average Bonchev–Trinajstić information content (AvgIpc) is 2.60. The van der Waals surface area contributed by atoms with Gasteiger partial charge in [-0.15, -0.1) is 23.7 Å². The third-order valence-corrected chi connectivity index (χ3v) is 3.60. The Bertz CT molecular complexity index is 313. The molecule has 0 spiro atoms. The molecule has 0 aliphatic rings. The smallest absolute Gasteiger partial charge is 0.0561 e. The first-order valence-electron chi connectivity index (χ1n) is 4.63. The third-order valence-electron chi connectivity index (χ3n) is 2.12. The maximum absolute atomic E-state index is 6.06. The van der Waals surface area contributed by atoms with Crippen LogP contribution >= 0.6 is 22.9 Å². The van der Waals surface area contributed by atoms with Crippen LogP contribution in [0.2, 0.25) is 5.02 Å². The van der Waals surface area contributed by atoms with E-state index in [1.165, 1.54) is 4.88 Å². The quantitative estimate of drug-likeness (QED) is 0.600. The van der Waals surface area contributed by atoms with Crippen molar-refractivity contribution in [3.8, 4) is 12.3 Å². The number of nitrogens with one attached hydrogen (secondary N) is 1. The Morgan fingerprint density at radius 2 is 2.50 bits per heavy atom. The van der Waals surface area contributed by atoms with Crippen molar-refractivity contribution < 1.29 is 0 Å². The van der Waals surface area contributed by atoms with Gasteiger partial charge in [0.1, 0.15) is 0 Å². The van der Waals surface area contributed by atoms with Crippen molar-refractivity contribution in [2.45, 2.75) is 25.3 Å². The molecule has 0 amide bonds. The van der Waals surface area contributed by atoms with Gasteiger partial charge in [-0.05, 0) is 31.3 Å². The lowest BCUT2D eigenvalue weighted by Crippen LogP contribution is -2.15. The van der Waals surface area contributed by atoms with E-state index in [9.17, 15) is 0 Å². The molecule has 0 bridgehead atoms. The van der Waals surface area contributed by atoms with E-state index in [-0.39, 0.29) is 0 Å². The Labute approximate surface area is 94.5 Å². The molecule has 14 heavy (non-hydrogen) atoms. The Balaban J connectivity index is 2.55. The molecule has 76 valence electrons. The Kier molecular flexibility index (Phi) is 5.03. The highest BCUT2D eigenvalue weighted by molar-refractivity contribution is 7.10. The SMILES string of the molecule is C#CCCCC(NC)c1sccc1Cl. The molecule has 1 aromatic rings. The van der Waals surface area contributed by atoms with E-state index in [1.807, 2.05) is 18.5 Å². The molecule has 1 rings (SSSR count). The van der Waals surface area contributed by atoms with Crippen LogP contribution in [0.3, 0.4) is 0 Å². The molecule has 1 nitrogen and oxygen atoms in total. The van der Waals surface area contributed by atoms with Crippen LogP contribution in [-0.4, -0.2) is 7.05 Å². The van der Waals surface area contributed by atoms with Crippen molar-refractivity contribution in [3.63, 3.8) is 0 Å². The molecule has 1 aromatic heterocycles. The Hall–Kier alpha value is -0.490. The molecular weight excluding hydrogens is 214 g/mol. The fourth-order valence-corrected chi connectivity index (χ4v) is 2.70. The molecule has 0 fully saturated rings. The third kappa shape index (κ3) is 3.02. The molecule has 0 aliphatic heterocycles. The zero-order valence-electron chi connectivity index (χ0n) is 8.22. The van der Waals surface area contributed by atoms with Gasteiger partial charge in [0.2, 0.25) is 0 Å². The fraction of sp³-hybridized carbons (Fsp3) is 0.455. The summed E-state index contributed by atoms with van der Waals surface area (Å²) >= 11 is 7.75. The van der Waals surface area contributed by atoms with E-state index in [0.29, 0.717) is 6.04 Å². The lowest BCUT2D eigenvalue weighted by molar-refractivity contribution is 0.540. The summed E-state index contributed by atoms with van der Waals surface area (Å²) in [5.74, 6) is 2.65. The number of halogens is 1. The van der Waals surface area contributed by atoms with Gasteiger partial charge in [-0.25, -0.2) is 0 Å². The van der Waals surface area contributed by atoms with E-state index in [0.717, 1.165) is 24.3 Å². The van der Waals surface area contributed by atoms with E-state index < -0.39 is 0 Å². The van der Waals surface area contributed by atoms with E-state index in [2.05, 4.69) is 11.2 Å². The number of hydrogen-bond donors (Lipinski definition) is 1. The minimum absolute atomic E-state index is 0.343. The second-order valence-corrected chi connectivity index (χ2v) is 4.43. The van der Waals surface area contributed by atoms with Crippen molar-refractivity contribution in [2.75, 3.05) is 7.05 Å². The molecule has 1 heterocycles. The zero-order valence-corrected chi connectivity index (χ0v) is 9.79. The molecule has 1 unspecified atom stereocenters. The molecule has 1 N–H and O–H groups in total. The van der Waals surface area contributed by atoms with E-state index in [4.69, 9.17) is 18.0 Å². The number of hydrogen-bond acceptors (Lipinski definition) is 2. The van der Waals surface area contributed by atoms with E-state index >= 15 is 0 Å². The maximum Gasteiger partial charge on any atom is 0.0561 e. The molecule has 0 aromatic carbocycles. The molecule has 0 aliphatic carbocycles. The van der Waals surface area contributed by atoms with Crippen molar-refractivity contribution in [3.05, 3.63) is 21.3 Å². The lowest BCUT2D eigenvalue weighted by Gasteiger charge is -2.14. The first-order chi connectivity index (χ1) is 6.79. The Morgan fingerprint density at radius 3 is 3.00 bits per heavy atom. The van der Waals surface area contributed by atoms with Gasteiger partial charge in [-0.2, -0.15) is 0 Å². The van der Waals surface area contributed by atoms with Gasteiger partial charge in [-0.3, -0.25) is 0 Å². The maximum atomic E-state index is 6.06. The summed E-state index contributed by atoms with van der Waals surface area (Å²) in [6, 6.07) is 2.28. The van der Waals surface area contributed by atoms with Crippen LogP contribution in [-0.2, 0) is 0 Å². The highest BCUT2D eigenvalue weighted by Crippen LogP contribution is 2.31. The number of thiophene rings is 1. The van der Waals surface area contributed by atoms with Crippen LogP contribution < -0.4 is 5.32 Å². The minimum atomic E-state index is 0.343. The van der Waals surface area contributed by atoms with Gasteiger partial charge in [0.15, 0.2) is 0 Å². The fourth-order valence-electron chi connectivity index (χ4n) is 1.37. The summed E-state index contributed by atoms with van der Waals surface area (Å²) in [6.07, 6.45) is 8.13. The average molecular weight is 228 g/mol. The van der Waals surface area contributed by atoms with Gasteiger partial charge < -0.3 is 5.32 Å². The summed E-state index contributed by atoms with van der Waals surface area (Å²) < 4.78 is 0. The van der Waals surface area contributed by atoms with Crippen LogP contribution in [0.25, 0.3) is 0 Å². The highest BCUT2D eigenvalue weighted by Gasteiger charge is 2.13. The molecule has 0 saturated carbocycles. The molecule has 0 saturated heterocycles. The predicted octanol–water partition coefficient (Wildman–Crippen LogP) is 3.47. The van der Waals surface area contributed by atoms with Gasteiger partial charge in [0.05, 0.1) is 5.02 Å². The first-order valence-corrected chi connectivity index (χ1v) is 5.89. The molecular formula is C11H14ClNS. The predicted molar refractivity (Wildman–Crippen MR) is 63.8 cm³/mol. The number of rotatable bonds is 5. The van der Waals surface area contributed by atoms with Crippen molar-refractivity contribution in [2.24, 2.45) is 0 Å². The summed E-state index contributed by atoms with van der Waals surface area (Å²) in [7, 11) is 1.95. The lowest BCUT2D eigenvalue weighted by atomic mass is 10.1. The number of terminal acetylenes is 1. The minimum Gasteiger partial charge on any atom is -0.312 e. The van der Waals surface area contributed by atoms with Crippen LogP contribution in [0.15, 0.2) is 11.4 Å². The van der Waals surface area contributed by atoms with Gasteiger partial charge in [0.25, 0.3) is 0 Å². The summed E-state index contributed by atoms with van der Waals surface area (Å²) in [4.78, 5) is 1.21. The molecule has 3 heteroatoms.